The Hall–Kier alpha value is -4.01. The molecule has 2 aromatic heterocycles. The smallest absolute Gasteiger partial charge is 0.268 e. The lowest BCUT2D eigenvalue weighted by Crippen LogP contribution is -2.14. The normalized spacial score (nSPS) is 12.0. The Morgan fingerprint density at radius 3 is 2.76 bits per heavy atom. The molecule has 11 heteroatoms. The molecular weight excluding hydrogens is 466 g/mol. The number of methoxy groups -OCH3 is 1. The third-order valence-corrected chi connectivity index (χ3v) is 6.73. The molecule has 4 rings (SSSR count). The second-order valence-corrected chi connectivity index (χ2v) is 9.97. The van der Waals surface area contributed by atoms with Crippen LogP contribution in [0.3, 0.4) is 0 Å². The highest BCUT2D eigenvalue weighted by Crippen LogP contribution is 2.28. The highest BCUT2D eigenvalue weighted by Gasteiger charge is 2.16. The van der Waals surface area contributed by atoms with Gasteiger partial charge < -0.3 is 9.15 Å². The van der Waals surface area contributed by atoms with Crippen molar-refractivity contribution in [2.75, 3.05) is 18.7 Å². The molecule has 9 nitrogen and oxygen atoms in total. The molecule has 0 bridgehead atoms. The first kappa shape index (κ1) is 22.2. The van der Waals surface area contributed by atoms with Gasteiger partial charge in [0.2, 0.25) is 0 Å². The van der Waals surface area contributed by atoms with E-state index in [2.05, 4.69) is 10.3 Å². The summed E-state index contributed by atoms with van der Waals surface area (Å²) in [6.07, 6.45) is 3.40. The summed E-state index contributed by atoms with van der Waals surface area (Å²) in [6, 6.07) is 10.9. The number of carbonyl (C=O) groups is 1. The summed E-state index contributed by atoms with van der Waals surface area (Å²) in [5.74, 6) is -0.250. The maximum atomic E-state index is 12.7. The van der Waals surface area contributed by atoms with Gasteiger partial charge in [0.25, 0.3) is 5.91 Å². The van der Waals surface area contributed by atoms with Crippen LogP contribution in [0.15, 0.2) is 62.3 Å². The molecule has 0 aliphatic rings. The summed E-state index contributed by atoms with van der Waals surface area (Å²) in [5, 5.41) is 12.4. The molecule has 2 aromatic carbocycles. The SMILES string of the molecule is COc1ccc2c(=O)c(/C=C(\C#N)C(=O)Nc3nc4ccc(S(C)(=O)=O)cc4s3)coc2c1. The van der Waals surface area contributed by atoms with E-state index in [1.165, 1.54) is 37.6 Å². The van der Waals surface area contributed by atoms with Gasteiger partial charge in [-0.25, -0.2) is 13.4 Å². The molecule has 0 unspecified atom stereocenters. The van der Waals surface area contributed by atoms with Crippen LogP contribution in [0, 0.1) is 11.3 Å². The first-order valence-corrected chi connectivity index (χ1v) is 12.0. The zero-order chi connectivity index (χ0) is 23.8. The Morgan fingerprint density at radius 1 is 1.27 bits per heavy atom. The summed E-state index contributed by atoms with van der Waals surface area (Å²) in [5.41, 5.74) is 0.0960. The van der Waals surface area contributed by atoms with Gasteiger partial charge in [-0.1, -0.05) is 11.3 Å². The number of carbonyl (C=O) groups excluding carboxylic acids is 1. The summed E-state index contributed by atoms with van der Waals surface area (Å²) in [6.45, 7) is 0. The second kappa shape index (κ2) is 8.50. The standard InChI is InChI=1S/C22H15N3O6S2/c1-30-14-3-5-16-18(8-14)31-11-13(20(16)26)7-12(10-23)21(27)25-22-24-17-6-4-15(33(2,28)29)9-19(17)32-22/h3-9,11H,1-2H3,(H,24,25,27)/b12-7+. The van der Waals surface area contributed by atoms with Crippen LogP contribution in [-0.2, 0) is 14.6 Å². The number of ether oxygens (including phenoxy) is 1. The van der Waals surface area contributed by atoms with E-state index < -0.39 is 21.2 Å². The number of nitrogens with one attached hydrogen (secondary N) is 1. The third kappa shape index (κ3) is 4.48. The molecule has 1 N–H and O–H groups in total. The van der Waals surface area contributed by atoms with Crippen molar-refractivity contribution in [3.8, 4) is 11.8 Å². The lowest BCUT2D eigenvalue weighted by molar-refractivity contribution is -0.112. The molecule has 166 valence electrons. The number of nitrogens with zero attached hydrogens (tertiary/aromatic N) is 2. The lowest BCUT2D eigenvalue weighted by atomic mass is 10.1. The van der Waals surface area contributed by atoms with E-state index in [0.29, 0.717) is 21.5 Å². The Balaban J connectivity index is 1.64. The van der Waals surface area contributed by atoms with E-state index in [4.69, 9.17) is 9.15 Å². The van der Waals surface area contributed by atoms with Crippen LogP contribution in [0.2, 0.25) is 0 Å². The predicted octanol–water partition coefficient (Wildman–Crippen LogP) is 3.36. The number of aromatic nitrogens is 1. The van der Waals surface area contributed by atoms with E-state index in [1.807, 2.05) is 0 Å². The van der Waals surface area contributed by atoms with E-state index in [0.717, 1.165) is 23.7 Å². The fraction of sp³-hybridized carbons (Fsp3) is 0.0909. The van der Waals surface area contributed by atoms with Gasteiger partial charge in [0.15, 0.2) is 20.4 Å². The minimum absolute atomic E-state index is 0.0291. The molecule has 0 aliphatic heterocycles. The highest BCUT2D eigenvalue weighted by molar-refractivity contribution is 7.90. The monoisotopic (exact) mass is 481 g/mol. The highest BCUT2D eigenvalue weighted by atomic mass is 32.2. The van der Waals surface area contributed by atoms with Crippen LogP contribution in [0.4, 0.5) is 5.13 Å². The average molecular weight is 482 g/mol. The minimum Gasteiger partial charge on any atom is -0.497 e. The predicted molar refractivity (Wildman–Crippen MR) is 124 cm³/mol. The van der Waals surface area contributed by atoms with Crippen molar-refractivity contribution in [1.82, 2.24) is 4.98 Å². The van der Waals surface area contributed by atoms with Gasteiger partial charge in [0.05, 0.1) is 33.2 Å². The number of anilines is 1. The largest absolute Gasteiger partial charge is 0.497 e. The molecule has 0 radical (unpaired) electrons. The van der Waals surface area contributed by atoms with E-state index in [9.17, 15) is 23.3 Å². The van der Waals surface area contributed by atoms with Gasteiger partial charge in [-0.05, 0) is 36.4 Å². The number of sulfone groups is 1. The van der Waals surface area contributed by atoms with Gasteiger partial charge in [-0.15, -0.1) is 0 Å². The number of hydrogen-bond donors (Lipinski definition) is 1. The molecule has 4 aromatic rings. The summed E-state index contributed by atoms with van der Waals surface area (Å²) >= 11 is 1.06. The molecule has 1 amide bonds. The maximum Gasteiger partial charge on any atom is 0.268 e. The maximum absolute atomic E-state index is 12.7. The summed E-state index contributed by atoms with van der Waals surface area (Å²) in [7, 11) is -1.90. The van der Waals surface area contributed by atoms with Gasteiger partial charge in [-0.2, -0.15) is 5.26 Å². The quantitative estimate of drug-likeness (QED) is 0.338. The number of amides is 1. The molecule has 2 heterocycles. The molecule has 0 spiro atoms. The van der Waals surface area contributed by atoms with Crippen molar-refractivity contribution >= 4 is 59.5 Å². The average Bonchev–Trinajstić information content (AvgIpc) is 3.19. The van der Waals surface area contributed by atoms with Gasteiger partial charge >= 0.3 is 0 Å². The molecule has 0 atom stereocenters. The first-order chi connectivity index (χ1) is 15.7. The molecule has 0 saturated heterocycles. The first-order valence-electron chi connectivity index (χ1n) is 9.33. The van der Waals surface area contributed by atoms with Crippen LogP contribution >= 0.6 is 11.3 Å². The fourth-order valence-corrected chi connectivity index (χ4v) is 4.63. The van der Waals surface area contributed by atoms with Crippen molar-refractivity contribution in [3.05, 3.63) is 64.0 Å². The van der Waals surface area contributed by atoms with Crippen LogP contribution in [0.5, 0.6) is 5.75 Å². The Morgan fingerprint density at radius 2 is 2.06 bits per heavy atom. The Bertz CT molecular complexity index is 1660. The lowest BCUT2D eigenvalue weighted by Gasteiger charge is -2.03. The van der Waals surface area contributed by atoms with Crippen molar-refractivity contribution in [3.63, 3.8) is 0 Å². The van der Waals surface area contributed by atoms with Gasteiger partial charge in [-0.3, -0.25) is 14.9 Å². The number of hydrogen-bond acceptors (Lipinski definition) is 9. The van der Waals surface area contributed by atoms with Gasteiger partial charge in [0, 0.05) is 12.3 Å². The minimum atomic E-state index is -3.39. The van der Waals surface area contributed by atoms with E-state index in [-0.39, 0.29) is 26.5 Å². The molecule has 0 aliphatic carbocycles. The summed E-state index contributed by atoms with van der Waals surface area (Å²) < 4.78 is 34.6. The van der Waals surface area contributed by atoms with Crippen LogP contribution in [0.25, 0.3) is 27.3 Å². The topological polar surface area (TPSA) is 139 Å². The zero-order valence-electron chi connectivity index (χ0n) is 17.3. The number of rotatable bonds is 5. The number of thiazole rings is 1. The van der Waals surface area contributed by atoms with Crippen molar-refractivity contribution in [1.29, 1.82) is 5.26 Å². The van der Waals surface area contributed by atoms with E-state index >= 15 is 0 Å². The molecule has 0 fully saturated rings. The second-order valence-electron chi connectivity index (χ2n) is 6.93. The third-order valence-electron chi connectivity index (χ3n) is 4.68. The van der Waals surface area contributed by atoms with Gasteiger partial charge in [0.1, 0.15) is 29.2 Å². The number of benzene rings is 2. The summed E-state index contributed by atoms with van der Waals surface area (Å²) in [4.78, 5) is 29.7. The van der Waals surface area contributed by atoms with Crippen molar-refractivity contribution < 1.29 is 22.4 Å². The van der Waals surface area contributed by atoms with Crippen molar-refractivity contribution in [2.24, 2.45) is 0 Å². The van der Waals surface area contributed by atoms with E-state index in [1.54, 1.807) is 18.2 Å². The molecule has 0 saturated carbocycles. The van der Waals surface area contributed by atoms with Crippen LogP contribution in [-0.4, -0.2) is 32.7 Å². The molecule has 33 heavy (non-hydrogen) atoms. The van der Waals surface area contributed by atoms with Crippen LogP contribution in [0.1, 0.15) is 5.56 Å². The Labute approximate surface area is 191 Å². The Kier molecular flexibility index (Phi) is 5.71. The zero-order valence-corrected chi connectivity index (χ0v) is 18.9. The van der Waals surface area contributed by atoms with Crippen LogP contribution < -0.4 is 15.5 Å². The molecular formula is C22H15N3O6S2. The van der Waals surface area contributed by atoms with Crippen molar-refractivity contribution in [2.45, 2.75) is 4.90 Å². The fourth-order valence-electron chi connectivity index (χ4n) is 3.01. The number of fused-ring (bicyclic) bond motifs is 2. The number of nitriles is 1.